The normalized spacial score (nSPS) is 10.5. The van der Waals surface area contributed by atoms with Gasteiger partial charge in [-0.2, -0.15) is 0 Å². The molecular weight excluding hydrogens is 316 g/mol. The summed E-state index contributed by atoms with van der Waals surface area (Å²) in [5.74, 6) is -0.530. The third-order valence-corrected chi connectivity index (χ3v) is 3.51. The molecule has 0 saturated carbocycles. The van der Waals surface area contributed by atoms with Crippen molar-refractivity contribution in [2.24, 2.45) is 0 Å². The van der Waals surface area contributed by atoms with E-state index in [4.69, 9.17) is 11.6 Å². The molecule has 2 amide bonds. The molecule has 0 fully saturated rings. The quantitative estimate of drug-likeness (QED) is 0.775. The number of imidazole rings is 1. The van der Waals surface area contributed by atoms with Crippen LogP contribution in [0.25, 0.3) is 5.65 Å². The highest BCUT2D eigenvalue weighted by Gasteiger charge is 2.14. The van der Waals surface area contributed by atoms with Crippen LogP contribution in [0, 0.1) is 0 Å². The SMILES string of the molecule is CC(=O)Nc1ccc2ncc(C(=O)Nc3ccccc3Cl)n2c1. The summed E-state index contributed by atoms with van der Waals surface area (Å²) in [7, 11) is 0. The van der Waals surface area contributed by atoms with Gasteiger partial charge in [-0.05, 0) is 24.3 Å². The molecule has 2 heterocycles. The number of nitrogens with one attached hydrogen (secondary N) is 2. The van der Waals surface area contributed by atoms with Crippen LogP contribution in [-0.4, -0.2) is 21.2 Å². The molecule has 6 nitrogen and oxygen atoms in total. The van der Waals surface area contributed by atoms with E-state index in [1.54, 1.807) is 47.0 Å². The number of benzene rings is 1. The molecule has 116 valence electrons. The Morgan fingerprint density at radius 1 is 1.13 bits per heavy atom. The molecule has 0 bridgehead atoms. The lowest BCUT2D eigenvalue weighted by molar-refractivity contribution is -0.114. The lowest BCUT2D eigenvalue weighted by Crippen LogP contribution is -2.15. The smallest absolute Gasteiger partial charge is 0.274 e. The second-order valence-electron chi connectivity index (χ2n) is 4.90. The minimum absolute atomic E-state index is 0.188. The summed E-state index contributed by atoms with van der Waals surface area (Å²) in [5.41, 5.74) is 2.04. The van der Waals surface area contributed by atoms with E-state index in [2.05, 4.69) is 15.6 Å². The molecule has 0 spiro atoms. The predicted molar refractivity (Wildman–Crippen MR) is 88.9 cm³/mol. The molecule has 7 heteroatoms. The first-order valence-corrected chi connectivity index (χ1v) is 7.23. The van der Waals surface area contributed by atoms with Crippen molar-refractivity contribution in [3.63, 3.8) is 0 Å². The second-order valence-corrected chi connectivity index (χ2v) is 5.31. The van der Waals surface area contributed by atoms with Crippen LogP contribution < -0.4 is 10.6 Å². The van der Waals surface area contributed by atoms with Crippen molar-refractivity contribution >= 4 is 40.4 Å². The lowest BCUT2D eigenvalue weighted by Gasteiger charge is -2.08. The molecule has 0 saturated heterocycles. The summed E-state index contributed by atoms with van der Waals surface area (Å²) in [4.78, 5) is 27.8. The topological polar surface area (TPSA) is 75.5 Å². The van der Waals surface area contributed by atoms with E-state index in [-0.39, 0.29) is 11.8 Å². The Labute approximate surface area is 137 Å². The van der Waals surface area contributed by atoms with Crippen molar-refractivity contribution in [1.29, 1.82) is 0 Å². The number of fused-ring (bicyclic) bond motifs is 1. The summed E-state index contributed by atoms with van der Waals surface area (Å²) < 4.78 is 1.61. The zero-order chi connectivity index (χ0) is 16.4. The van der Waals surface area contributed by atoms with Crippen LogP contribution in [-0.2, 0) is 4.79 Å². The Balaban J connectivity index is 1.94. The van der Waals surface area contributed by atoms with E-state index in [0.29, 0.717) is 27.7 Å². The first-order chi connectivity index (χ1) is 11.0. The highest BCUT2D eigenvalue weighted by atomic mass is 35.5. The number of hydrogen-bond acceptors (Lipinski definition) is 3. The molecule has 0 aliphatic carbocycles. The summed E-state index contributed by atoms with van der Waals surface area (Å²) >= 11 is 6.05. The van der Waals surface area contributed by atoms with Crippen LogP contribution in [0.5, 0.6) is 0 Å². The van der Waals surface area contributed by atoms with Crippen LogP contribution in [0.4, 0.5) is 11.4 Å². The number of carbonyl (C=O) groups is 2. The largest absolute Gasteiger partial charge is 0.325 e. The lowest BCUT2D eigenvalue weighted by atomic mass is 10.3. The number of hydrogen-bond donors (Lipinski definition) is 2. The fraction of sp³-hybridized carbons (Fsp3) is 0.0625. The molecular formula is C16H13ClN4O2. The maximum atomic E-state index is 12.5. The number of carbonyl (C=O) groups excluding carboxylic acids is 2. The van der Waals surface area contributed by atoms with Crippen molar-refractivity contribution in [3.05, 3.63) is 59.5 Å². The average molecular weight is 329 g/mol. The molecule has 3 aromatic rings. The predicted octanol–water partition coefficient (Wildman–Crippen LogP) is 3.20. The molecule has 2 aromatic heterocycles. The van der Waals surface area contributed by atoms with Gasteiger partial charge >= 0.3 is 0 Å². The van der Waals surface area contributed by atoms with Crippen LogP contribution in [0.15, 0.2) is 48.8 Å². The van der Waals surface area contributed by atoms with E-state index in [1.807, 2.05) is 0 Å². The fourth-order valence-corrected chi connectivity index (χ4v) is 2.36. The monoisotopic (exact) mass is 328 g/mol. The van der Waals surface area contributed by atoms with E-state index in [0.717, 1.165) is 0 Å². The number of rotatable bonds is 3. The Hall–Kier alpha value is -2.86. The Kier molecular flexibility index (Phi) is 3.99. The molecule has 2 N–H and O–H groups in total. The van der Waals surface area contributed by atoms with Crippen LogP contribution >= 0.6 is 11.6 Å². The molecule has 0 aliphatic rings. The number of nitrogens with zero attached hydrogens (tertiary/aromatic N) is 2. The van der Waals surface area contributed by atoms with Gasteiger partial charge in [0.15, 0.2) is 0 Å². The van der Waals surface area contributed by atoms with Crippen LogP contribution in [0.3, 0.4) is 0 Å². The summed E-state index contributed by atoms with van der Waals surface area (Å²) in [6, 6.07) is 10.4. The average Bonchev–Trinajstić information content (AvgIpc) is 2.92. The third kappa shape index (κ3) is 3.17. The van der Waals surface area contributed by atoms with Gasteiger partial charge in [-0.1, -0.05) is 23.7 Å². The summed E-state index contributed by atoms with van der Waals surface area (Å²) in [5, 5.41) is 5.87. The Bertz CT molecular complexity index is 904. The first-order valence-electron chi connectivity index (χ1n) is 6.85. The van der Waals surface area contributed by atoms with Crippen molar-refractivity contribution < 1.29 is 9.59 Å². The fourth-order valence-electron chi connectivity index (χ4n) is 2.17. The second kappa shape index (κ2) is 6.10. The molecule has 0 unspecified atom stereocenters. The Morgan fingerprint density at radius 3 is 2.65 bits per heavy atom. The highest BCUT2D eigenvalue weighted by Crippen LogP contribution is 2.21. The van der Waals surface area contributed by atoms with Crippen molar-refractivity contribution in [1.82, 2.24) is 9.38 Å². The van der Waals surface area contributed by atoms with Gasteiger partial charge in [0.1, 0.15) is 11.3 Å². The molecule has 0 atom stereocenters. The number of para-hydroxylation sites is 1. The molecule has 3 rings (SSSR count). The number of pyridine rings is 1. The van der Waals surface area contributed by atoms with Gasteiger partial charge in [0.25, 0.3) is 5.91 Å². The molecule has 1 aromatic carbocycles. The van der Waals surface area contributed by atoms with Crippen molar-refractivity contribution in [2.45, 2.75) is 6.92 Å². The zero-order valence-electron chi connectivity index (χ0n) is 12.2. The molecule has 0 aliphatic heterocycles. The minimum atomic E-state index is -0.342. The summed E-state index contributed by atoms with van der Waals surface area (Å²) in [6.45, 7) is 1.42. The van der Waals surface area contributed by atoms with Crippen molar-refractivity contribution in [2.75, 3.05) is 10.6 Å². The maximum absolute atomic E-state index is 12.5. The number of halogens is 1. The Morgan fingerprint density at radius 2 is 1.91 bits per heavy atom. The summed E-state index contributed by atoms with van der Waals surface area (Å²) in [6.07, 6.45) is 3.12. The van der Waals surface area contributed by atoms with E-state index < -0.39 is 0 Å². The van der Waals surface area contributed by atoms with Gasteiger partial charge in [0.05, 0.1) is 22.6 Å². The first kappa shape index (κ1) is 15.1. The van der Waals surface area contributed by atoms with Crippen LogP contribution in [0.2, 0.25) is 5.02 Å². The van der Waals surface area contributed by atoms with Gasteiger partial charge < -0.3 is 10.6 Å². The number of anilines is 2. The third-order valence-electron chi connectivity index (χ3n) is 3.18. The van der Waals surface area contributed by atoms with E-state index >= 15 is 0 Å². The van der Waals surface area contributed by atoms with E-state index in [1.165, 1.54) is 13.1 Å². The van der Waals surface area contributed by atoms with Gasteiger partial charge in [-0.25, -0.2) is 4.98 Å². The standard InChI is InChI=1S/C16H13ClN4O2/c1-10(22)19-11-6-7-15-18-8-14(21(15)9-11)16(23)20-13-5-3-2-4-12(13)17/h2-9H,1H3,(H,19,22)(H,20,23). The van der Waals surface area contributed by atoms with Gasteiger partial charge in [0.2, 0.25) is 5.91 Å². The maximum Gasteiger partial charge on any atom is 0.274 e. The van der Waals surface area contributed by atoms with Crippen molar-refractivity contribution in [3.8, 4) is 0 Å². The number of amides is 2. The van der Waals surface area contributed by atoms with Gasteiger partial charge in [-0.3, -0.25) is 14.0 Å². The van der Waals surface area contributed by atoms with Gasteiger partial charge in [-0.15, -0.1) is 0 Å². The minimum Gasteiger partial charge on any atom is -0.325 e. The van der Waals surface area contributed by atoms with Crippen LogP contribution in [0.1, 0.15) is 17.4 Å². The van der Waals surface area contributed by atoms with E-state index in [9.17, 15) is 9.59 Å². The molecule has 23 heavy (non-hydrogen) atoms. The molecule has 0 radical (unpaired) electrons. The zero-order valence-corrected chi connectivity index (χ0v) is 13.0. The number of aromatic nitrogens is 2. The van der Waals surface area contributed by atoms with Gasteiger partial charge in [0, 0.05) is 13.1 Å². The highest BCUT2D eigenvalue weighted by molar-refractivity contribution is 6.33.